The molecule has 7 heteroatoms. The molecule has 0 spiro atoms. The van der Waals surface area contributed by atoms with E-state index in [1.807, 2.05) is 20.8 Å². The molecule has 1 saturated heterocycles. The highest BCUT2D eigenvalue weighted by atomic mass is 16.5. The standard InChI is InChI=1S/C36H62O7/c1-6-26(37)27-20(3)15-35(5)18-34(4)16-25-24(22-11-12-43-17-22)14-23(13-21-9-7-19(2)8-10-21)30(38)28(25)31(39)29(34)33(41)36(35,42)32(27)40/h19-33,37-42H,6-18H2,1-5H3. The molecule has 5 aliphatic carbocycles. The Kier molecular flexibility index (Phi) is 8.92. The highest BCUT2D eigenvalue weighted by Gasteiger charge is 2.73. The number of ether oxygens (including phenoxy) is 1. The van der Waals surface area contributed by atoms with Crippen LogP contribution in [0.15, 0.2) is 0 Å². The third-order valence-corrected chi connectivity index (χ3v) is 14.8. The third-order valence-electron chi connectivity index (χ3n) is 14.8. The lowest BCUT2D eigenvalue weighted by atomic mass is 9.38. The van der Waals surface area contributed by atoms with Crippen molar-refractivity contribution in [3.05, 3.63) is 0 Å². The van der Waals surface area contributed by atoms with Crippen molar-refractivity contribution >= 4 is 0 Å². The summed E-state index contributed by atoms with van der Waals surface area (Å²) in [5.41, 5.74) is -3.08. The van der Waals surface area contributed by atoms with Crippen LogP contribution in [0, 0.1) is 70.0 Å². The van der Waals surface area contributed by atoms with Gasteiger partial charge in [0.25, 0.3) is 0 Å². The summed E-state index contributed by atoms with van der Waals surface area (Å²) in [6, 6.07) is 0. The van der Waals surface area contributed by atoms with E-state index >= 15 is 0 Å². The minimum atomic E-state index is -1.85. The molecule has 0 aromatic heterocycles. The molecule has 0 radical (unpaired) electrons. The molecule has 6 N–H and O–H groups in total. The van der Waals surface area contributed by atoms with Crippen LogP contribution in [0.25, 0.3) is 0 Å². The van der Waals surface area contributed by atoms with Gasteiger partial charge >= 0.3 is 0 Å². The summed E-state index contributed by atoms with van der Waals surface area (Å²) in [6.45, 7) is 12.0. The van der Waals surface area contributed by atoms with Gasteiger partial charge in [0.1, 0.15) is 5.60 Å². The summed E-state index contributed by atoms with van der Waals surface area (Å²) in [5, 5.41) is 71.9. The molecule has 43 heavy (non-hydrogen) atoms. The van der Waals surface area contributed by atoms with Gasteiger partial charge in [-0.1, -0.05) is 60.3 Å². The predicted octanol–water partition coefficient (Wildman–Crippen LogP) is 4.15. The number of rotatable bonds is 5. The maximum Gasteiger partial charge on any atom is 0.122 e. The maximum absolute atomic E-state index is 12.5. The van der Waals surface area contributed by atoms with E-state index in [0.717, 1.165) is 44.8 Å². The first-order valence-electron chi connectivity index (χ1n) is 18.0. The second kappa shape index (κ2) is 11.8. The van der Waals surface area contributed by atoms with E-state index < -0.39 is 58.8 Å². The molecule has 7 nitrogen and oxygen atoms in total. The molecule has 0 aromatic carbocycles. The normalized spacial score (nSPS) is 57.8. The Hall–Kier alpha value is -0.280. The smallest absolute Gasteiger partial charge is 0.122 e. The molecule has 6 rings (SSSR count). The summed E-state index contributed by atoms with van der Waals surface area (Å²) in [6.07, 6.45) is 5.28. The van der Waals surface area contributed by atoms with Gasteiger partial charge in [0.2, 0.25) is 0 Å². The average Bonchev–Trinajstić information content (AvgIpc) is 3.48. The van der Waals surface area contributed by atoms with Crippen molar-refractivity contribution in [2.45, 2.75) is 141 Å². The number of fused-ring (bicyclic) bond motifs is 3. The SMILES string of the molecule is CCC(O)C1C(C)CC2(C)CC3(C)CC4C(C5CCOC5)CC(CC5CCC(C)CC5)C(O)C4C(O)C3C(O)C2(O)C1O. The third kappa shape index (κ3) is 5.09. The first-order valence-corrected chi connectivity index (χ1v) is 18.0. The Morgan fingerprint density at radius 1 is 0.884 bits per heavy atom. The predicted molar refractivity (Wildman–Crippen MR) is 165 cm³/mol. The Bertz CT molecular complexity index is 979. The van der Waals surface area contributed by atoms with Crippen molar-refractivity contribution < 1.29 is 35.4 Å². The molecule has 1 aliphatic heterocycles. The highest BCUT2D eigenvalue weighted by molar-refractivity contribution is 5.23. The van der Waals surface area contributed by atoms with E-state index in [2.05, 4.69) is 13.8 Å². The summed E-state index contributed by atoms with van der Waals surface area (Å²) in [7, 11) is 0. The quantitative estimate of drug-likeness (QED) is 0.277. The second-order valence-electron chi connectivity index (χ2n) is 17.4. The fraction of sp³-hybridized carbons (Fsp3) is 1.00. The molecule has 248 valence electrons. The number of hydrogen-bond acceptors (Lipinski definition) is 7. The zero-order valence-electron chi connectivity index (χ0n) is 27.4. The van der Waals surface area contributed by atoms with Crippen LogP contribution in [0.1, 0.15) is 105 Å². The molecule has 16 unspecified atom stereocenters. The van der Waals surface area contributed by atoms with Gasteiger partial charge in [-0.15, -0.1) is 0 Å². The van der Waals surface area contributed by atoms with Crippen LogP contribution in [0.5, 0.6) is 0 Å². The van der Waals surface area contributed by atoms with Gasteiger partial charge in [-0.2, -0.15) is 0 Å². The van der Waals surface area contributed by atoms with Gasteiger partial charge in [0, 0.05) is 36.4 Å². The van der Waals surface area contributed by atoms with Crippen LogP contribution in [-0.2, 0) is 4.74 Å². The van der Waals surface area contributed by atoms with E-state index in [1.165, 1.54) is 25.7 Å². The Morgan fingerprint density at radius 3 is 2.21 bits per heavy atom. The lowest BCUT2D eigenvalue weighted by Gasteiger charge is -2.70. The van der Waals surface area contributed by atoms with Crippen LogP contribution >= 0.6 is 0 Å². The minimum absolute atomic E-state index is 0.0211. The van der Waals surface area contributed by atoms with Crippen LogP contribution in [0.4, 0.5) is 0 Å². The zero-order valence-corrected chi connectivity index (χ0v) is 27.4. The molecule has 0 aromatic rings. The summed E-state index contributed by atoms with van der Waals surface area (Å²) < 4.78 is 5.91. The summed E-state index contributed by atoms with van der Waals surface area (Å²) in [4.78, 5) is 0. The van der Waals surface area contributed by atoms with Crippen molar-refractivity contribution in [2.24, 2.45) is 70.0 Å². The Balaban J connectivity index is 1.34. The number of hydrogen-bond donors (Lipinski definition) is 6. The van der Waals surface area contributed by atoms with Gasteiger partial charge in [0.15, 0.2) is 0 Å². The van der Waals surface area contributed by atoms with E-state index in [1.54, 1.807) is 0 Å². The van der Waals surface area contributed by atoms with E-state index in [4.69, 9.17) is 4.74 Å². The summed E-state index contributed by atoms with van der Waals surface area (Å²) >= 11 is 0. The molecule has 6 aliphatic rings. The lowest BCUT2D eigenvalue weighted by molar-refractivity contribution is -0.334. The van der Waals surface area contributed by atoms with Gasteiger partial charge in [-0.05, 0) is 91.8 Å². The van der Waals surface area contributed by atoms with Crippen molar-refractivity contribution in [1.82, 2.24) is 0 Å². The Morgan fingerprint density at radius 2 is 1.58 bits per heavy atom. The highest BCUT2D eigenvalue weighted by Crippen LogP contribution is 2.68. The molecule has 0 bridgehead atoms. The largest absolute Gasteiger partial charge is 0.393 e. The van der Waals surface area contributed by atoms with Gasteiger partial charge in [0.05, 0.1) is 30.5 Å². The monoisotopic (exact) mass is 606 g/mol. The first kappa shape index (κ1) is 32.7. The van der Waals surface area contributed by atoms with Crippen LogP contribution < -0.4 is 0 Å². The topological polar surface area (TPSA) is 131 Å². The number of aliphatic hydroxyl groups excluding tert-OH is 5. The van der Waals surface area contributed by atoms with E-state index in [0.29, 0.717) is 37.0 Å². The average molecular weight is 607 g/mol. The fourth-order valence-corrected chi connectivity index (χ4v) is 12.7. The zero-order chi connectivity index (χ0) is 31.1. The van der Waals surface area contributed by atoms with Crippen molar-refractivity contribution in [3.63, 3.8) is 0 Å². The maximum atomic E-state index is 12.5. The first-order chi connectivity index (χ1) is 20.3. The molecule has 0 amide bonds. The molecule has 6 fully saturated rings. The lowest BCUT2D eigenvalue weighted by Crippen LogP contribution is -2.78. The fourth-order valence-electron chi connectivity index (χ4n) is 12.7. The van der Waals surface area contributed by atoms with Gasteiger partial charge in [-0.3, -0.25) is 0 Å². The second-order valence-corrected chi connectivity index (χ2v) is 17.4. The van der Waals surface area contributed by atoms with Crippen molar-refractivity contribution in [1.29, 1.82) is 0 Å². The molecule has 1 heterocycles. The van der Waals surface area contributed by atoms with Gasteiger partial charge < -0.3 is 35.4 Å². The molecule has 5 saturated carbocycles. The van der Waals surface area contributed by atoms with Crippen molar-refractivity contribution in [3.8, 4) is 0 Å². The van der Waals surface area contributed by atoms with E-state index in [9.17, 15) is 30.6 Å². The van der Waals surface area contributed by atoms with Crippen molar-refractivity contribution in [2.75, 3.05) is 13.2 Å². The van der Waals surface area contributed by atoms with Gasteiger partial charge in [-0.25, -0.2) is 0 Å². The summed E-state index contributed by atoms with van der Waals surface area (Å²) in [5.74, 6) is 0.809. The van der Waals surface area contributed by atoms with Crippen LogP contribution in [0.2, 0.25) is 0 Å². The molecular formula is C36H62O7. The Labute approximate surface area is 259 Å². The van der Waals surface area contributed by atoms with E-state index in [-0.39, 0.29) is 23.7 Å². The molecule has 16 atom stereocenters. The molecular weight excluding hydrogens is 544 g/mol. The van der Waals surface area contributed by atoms with Crippen LogP contribution in [0.3, 0.4) is 0 Å². The minimum Gasteiger partial charge on any atom is -0.393 e. The number of aliphatic hydroxyl groups is 6. The van der Waals surface area contributed by atoms with Crippen LogP contribution in [-0.4, -0.2) is 80.0 Å².